The van der Waals surface area contributed by atoms with Gasteiger partial charge in [0, 0.05) is 30.8 Å². The number of methoxy groups -OCH3 is 1. The lowest BCUT2D eigenvalue weighted by Gasteiger charge is -2.33. The van der Waals surface area contributed by atoms with Gasteiger partial charge < -0.3 is 20.2 Å². The van der Waals surface area contributed by atoms with E-state index in [2.05, 4.69) is 4.98 Å². The molecule has 3 rings (SSSR count). The molecule has 1 aliphatic carbocycles. The van der Waals surface area contributed by atoms with Crippen molar-refractivity contribution in [2.45, 2.75) is 63.0 Å². The Hall–Kier alpha value is -1.56. The first-order chi connectivity index (χ1) is 13.0. The predicted octanol–water partition coefficient (Wildman–Crippen LogP) is 4.41. The van der Waals surface area contributed by atoms with Gasteiger partial charge in [-0.05, 0) is 75.0 Å². The third kappa shape index (κ3) is 5.24. The van der Waals surface area contributed by atoms with E-state index in [1.54, 1.807) is 19.4 Å². The summed E-state index contributed by atoms with van der Waals surface area (Å²) in [7, 11) is 1.73. The number of nitrogens with two attached hydrogens (primary N) is 1. The molecule has 2 aromatic rings. The normalized spacial score (nSPS) is 23.7. The first-order valence-corrected chi connectivity index (χ1v) is 10.1. The summed E-state index contributed by atoms with van der Waals surface area (Å²) in [5.41, 5.74) is 6.40. The predicted molar refractivity (Wildman–Crippen MR) is 110 cm³/mol. The molecule has 27 heavy (non-hydrogen) atoms. The number of rotatable bonds is 6. The number of pyridine rings is 1. The van der Waals surface area contributed by atoms with E-state index in [0.717, 1.165) is 63.4 Å². The molecule has 3 N–H and O–H groups in total. The van der Waals surface area contributed by atoms with Gasteiger partial charge in [0.05, 0.1) is 11.1 Å². The zero-order valence-corrected chi connectivity index (χ0v) is 16.7. The van der Waals surface area contributed by atoms with Crippen LogP contribution in [0.5, 0.6) is 5.75 Å². The molecule has 1 aliphatic rings. The Balaban J connectivity index is 1.63. The van der Waals surface area contributed by atoms with Gasteiger partial charge in [0.2, 0.25) is 0 Å². The number of nitrogens with one attached hydrogen (secondary N) is 1. The van der Waals surface area contributed by atoms with Crippen molar-refractivity contribution in [2.75, 3.05) is 13.7 Å². The largest absolute Gasteiger partial charge is 0.489 e. The fourth-order valence-electron chi connectivity index (χ4n) is 4.03. The highest BCUT2D eigenvalue weighted by Crippen LogP contribution is 2.33. The average Bonchev–Trinajstić information content (AvgIpc) is 2.62. The maximum atomic E-state index is 11.9. The van der Waals surface area contributed by atoms with Crippen molar-refractivity contribution in [2.24, 2.45) is 5.73 Å². The van der Waals surface area contributed by atoms with Crippen molar-refractivity contribution in [3.8, 4) is 5.75 Å². The van der Waals surface area contributed by atoms with Crippen LogP contribution in [-0.2, 0) is 4.74 Å². The Morgan fingerprint density at radius 3 is 2.74 bits per heavy atom. The summed E-state index contributed by atoms with van der Waals surface area (Å²) in [6.45, 7) is 0.772. The van der Waals surface area contributed by atoms with Crippen molar-refractivity contribution in [1.29, 1.82) is 0 Å². The van der Waals surface area contributed by atoms with Crippen molar-refractivity contribution in [1.82, 2.24) is 4.98 Å². The van der Waals surface area contributed by atoms with Crippen molar-refractivity contribution >= 4 is 22.4 Å². The molecule has 148 valence electrons. The molecule has 1 aromatic heterocycles. The van der Waals surface area contributed by atoms with Gasteiger partial charge >= 0.3 is 0 Å². The molecule has 0 unspecified atom stereocenters. The van der Waals surface area contributed by atoms with Gasteiger partial charge in [0.25, 0.3) is 5.56 Å². The van der Waals surface area contributed by atoms with Crippen LogP contribution in [0.3, 0.4) is 0 Å². The van der Waals surface area contributed by atoms with E-state index >= 15 is 0 Å². The number of aromatic nitrogens is 1. The summed E-state index contributed by atoms with van der Waals surface area (Å²) >= 11 is 6.37. The van der Waals surface area contributed by atoms with Crippen LogP contribution in [0.2, 0.25) is 5.02 Å². The van der Waals surface area contributed by atoms with Gasteiger partial charge in [0.1, 0.15) is 5.75 Å². The molecular formula is C21H29ClN2O3. The van der Waals surface area contributed by atoms with E-state index < -0.39 is 0 Å². The van der Waals surface area contributed by atoms with Gasteiger partial charge in [-0.15, -0.1) is 0 Å². The number of fused-ring (bicyclic) bond motifs is 1. The highest BCUT2D eigenvalue weighted by atomic mass is 35.5. The van der Waals surface area contributed by atoms with Crippen LogP contribution < -0.4 is 16.0 Å². The molecule has 6 heteroatoms. The van der Waals surface area contributed by atoms with Crippen molar-refractivity contribution < 1.29 is 9.47 Å². The lowest BCUT2D eigenvalue weighted by Crippen LogP contribution is -2.41. The SMILES string of the molecule is COCCCC1(N)CCCC(Oc2cc3cc[nH]c(=O)c3cc2Cl)CCC1. The third-order valence-corrected chi connectivity index (χ3v) is 5.84. The Morgan fingerprint density at radius 1 is 1.30 bits per heavy atom. The first kappa shape index (κ1) is 20.2. The van der Waals surface area contributed by atoms with Crippen LogP contribution in [0.25, 0.3) is 10.8 Å². The number of hydrogen-bond donors (Lipinski definition) is 2. The fraction of sp³-hybridized carbons (Fsp3) is 0.571. The molecule has 0 saturated heterocycles. The quantitative estimate of drug-likeness (QED) is 0.714. The lowest BCUT2D eigenvalue weighted by molar-refractivity contribution is 0.141. The van der Waals surface area contributed by atoms with E-state index in [0.29, 0.717) is 16.2 Å². The minimum absolute atomic E-state index is 0.0783. The van der Waals surface area contributed by atoms with Crippen LogP contribution >= 0.6 is 11.6 Å². The van der Waals surface area contributed by atoms with Gasteiger partial charge in [-0.3, -0.25) is 4.79 Å². The summed E-state index contributed by atoms with van der Waals surface area (Å²) in [5.74, 6) is 0.652. The molecule has 1 heterocycles. The number of aromatic amines is 1. The van der Waals surface area contributed by atoms with Crippen LogP contribution in [0.15, 0.2) is 29.2 Å². The summed E-state index contributed by atoms with van der Waals surface area (Å²) < 4.78 is 11.4. The van der Waals surface area contributed by atoms with Crippen molar-refractivity contribution in [3.05, 3.63) is 39.8 Å². The monoisotopic (exact) mass is 392 g/mol. The second kappa shape index (κ2) is 9.09. The maximum Gasteiger partial charge on any atom is 0.255 e. The molecule has 0 bridgehead atoms. The smallest absolute Gasteiger partial charge is 0.255 e. The zero-order chi connectivity index (χ0) is 19.3. The minimum atomic E-state index is -0.139. The molecule has 5 nitrogen and oxygen atoms in total. The highest BCUT2D eigenvalue weighted by molar-refractivity contribution is 6.32. The van der Waals surface area contributed by atoms with Gasteiger partial charge in [0.15, 0.2) is 0 Å². The van der Waals surface area contributed by atoms with Crippen molar-refractivity contribution in [3.63, 3.8) is 0 Å². The molecule has 0 amide bonds. The van der Waals surface area contributed by atoms with Crippen LogP contribution in [0, 0.1) is 0 Å². The van der Waals surface area contributed by atoms with E-state index in [-0.39, 0.29) is 17.2 Å². The summed E-state index contributed by atoms with van der Waals surface area (Å²) in [5, 5.41) is 1.90. The Bertz CT molecular complexity index is 811. The minimum Gasteiger partial charge on any atom is -0.489 e. The summed E-state index contributed by atoms with van der Waals surface area (Å²) in [4.78, 5) is 14.6. The zero-order valence-electron chi connectivity index (χ0n) is 15.9. The number of benzene rings is 1. The second-order valence-corrected chi connectivity index (χ2v) is 8.07. The van der Waals surface area contributed by atoms with E-state index in [4.69, 9.17) is 26.8 Å². The number of hydrogen-bond acceptors (Lipinski definition) is 4. The third-order valence-electron chi connectivity index (χ3n) is 5.54. The van der Waals surface area contributed by atoms with Crippen LogP contribution in [0.4, 0.5) is 0 Å². The second-order valence-electron chi connectivity index (χ2n) is 7.66. The maximum absolute atomic E-state index is 11.9. The molecule has 0 radical (unpaired) electrons. The molecule has 0 spiro atoms. The first-order valence-electron chi connectivity index (χ1n) is 9.76. The highest BCUT2D eigenvalue weighted by Gasteiger charge is 2.27. The summed E-state index contributed by atoms with van der Waals surface area (Å²) in [6, 6.07) is 5.42. The lowest BCUT2D eigenvalue weighted by atomic mass is 9.81. The topological polar surface area (TPSA) is 77.3 Å². The fourth-order valence-corrected chi connectivity index (χ4v) is 4.24. The van der Waals surface area contributed by atoms with E-state index in [1.165, 1.54) is 0 Å². The van der Waals surface area contributed by atoms with Crippen LogP contribution in [0.1, 0.15) is 51.4 Å². The Labute approximate surface area is 165 Å². The number of ether oxygens (including phenoxy) is 2. The van der Waals surface area contributed by atoms with Crippen LogP contribution in [-0.4, -0.2) is 30.3 Å². The summed E-state index contributed by atoms with van der Waals surface area (Å²) in [6.07, 6.45) is 9.83. The molecule has 0 atom stereocenters. The molecule has 1 aromatic carbocycles. The van der Waals surface area contributed by atoms with Gasteiger partial charge in [-0.2, -0.15) is 0 Å². The van der Waals surface area contributed by atoms with E-state index in [9.17, 15) is 4.79 Å². The average molecular weight is 393 g/mol. The molecule has 1 saturated carbocycles. The number of H-pyrrole nitrogens is 1. The number of halogens is 1. The van der Waals surface area contributed by atoms with Gasteiger partial charge in [-0.1, -0.05) is 11.6 Å². The Kier molecular flexibility index (Phi) is 6.79. The van der Waals surface area contributed by atoms with E-state index in [1.807, 2.05) is 12.1 Å². The molecular weight excluding hydrogens is 364 g/mol. The Morgan fingerprint density at radius 2 is 2.04 bits per heavy atom. The molecule has 1 fully saturated rings. The molecule has 0 aliphatic heterocycles. The van der Waals surface area contributed by atoms with Gasteiger partial charge in [-0.25, -0.2) is 0 Å². The standard InChI is InChI=1S/C21H29ClN2O3/c1-26-12-4-10-21(23)8-2-5-16(6-3-9-21)27-19-13-15-7-11-24-20(25)17(15)14-18(19)22/h7,11,13-14,16H,2-6,8-10,12,23H2,1H3,(H,24,25).